The number of amides is 1. The Balaban J connectivity index is 1.99. The van der Waals surface area contributed by atoms with E-state index in [-0.39, 0.29) is 18.0 Å². The van der Waals surface area contributed by atoms with Crippen molar-refractivity contribution in [2.75, 3.05) is 12.4 Å². The van der Waals surface area contributed by atoms with Gasteiger partial charge in [0.1, 0.15) is 11.8 Å². The molecular formula is C18H22ClN2O2+. The summed E-state index contributed by atoms with van der Waals surface area (Å²) in [5.41, 5.74) is 1.77. The van der Waals surface area contributed by atoms with Crippen molar-refractivity contribution in [3.8, 4) is 5.75 Å². The van der Waals surface area contributed by atoms with E-state index in [4.69, 9.17) is 16.3 Å². The summed E-state index contributed by atoms with van der Waals surface area (Å²) in [4.78, 5) is 12.4. The average molecular weight is 334 g/mol. The maximum atomic E-state index is 12.4. The molecule has 2 atom stereocenters. The molecule has 122 valence electrons. The number of carbonyl (C=O) groups is 1. The van der Waals surface area contributed by atoms with Gasteiger partial charge in [-0.3, -0.25) is 4.79 Å². The van der Waals surface area contributed by atoms with Crippen molar-refractivity contribution >= 4 is 23.2 Å². The second kappa shape index (κ2) is 7.99. The summed E-state index contributed by atoms with van der Waals surface area (Å²) in [6, 6.07) is 15.0. The topological polar surface area (TPSA) is 54.9 Å². The predicted molar refractivity (Wildman–Crippen MR) is 92.9 cm³/mol. The quantitative estimate of drug-likeness (QED) is 0.853. The van der Waals surface area contributed by atoms with Crippen molar-refractivity contribution in [2.45, 2.75) is 25.9 Å². The standard InChI is InChI=1S/C18H21ClN2O2/c1-12(14-7-6-8-15(19)11-14)20-13(2)18(22)21-16-9-4-5-10-17(16)23-3/h4-13,20H,1-3H3,(H,21,22)/p+1/t12-,13+/m0/s1. The second-order valence-electron chi connectivity index (χ2n) is 5.51. The highest BCUT2D eigenvalue weighted by Gasteiger charge is 2.21. The monoisotopic (exact) mass is 333 g/mol. The van der Waals surface area contributed by atoms with Crippen LogP contribution in [0.4, 0.5) is 5.69 Å². The summed E-state index contributed by atoms with van der Waals surface area (Å²) in [6.45, 7) is 3.93. The van der Waals surface area contributed by atoms with E-state index < -0.39 is 0 Å². The van der Waals surface area contributed by atoms with Gasteiger partial charge in [0.2, 0.25) is 0 Å². The maximum Gasteiger partial charge on any atom is 0.282 e. The smallest absolute Gasteiger partial charge is 0.282 e. The number of methoxy groups -OCH3 is 1. The normalized spacial score (nSPS) is 13.2. The molecule has 23 heavy (non-hydrogen) atoms. The summed E-state index contributed by atoms with van der Waals surface area (Å²) in [7, 11) is 1.59. The molecule has 0 aliphatic rings. The summed E-state index contributed by atoms with van der Waals surface area (Å²) >= 11 is 6.02. The van der Waals surface area contributed by atoms with Gasteiger partial charge >= 0.3 is 0 Å². The lowest BCUT2D eigenvalue weighted by atomic mass is 10.1. The molecule has 0 aliphatic heterocycles. The minimum atomic E-state index is -0.242. The van der Waals surface area contributed by atoms with Gasteiger partial charge in [-0.25, -0.2) is 0 Å². The Morgan fingerprint density at radius 3 is 2.61 bits per heavy atom. The van der Waals surface area contributed by atoms with Crippen LogP contribution in [-0.2, 0) is 4.79 Å². The zero-order chi connectivity index (χ0) is 16.8. The van der Waals surface area contributed by atoms with Crippen LogP contribution in [0, 0.1) is 0 Å². The third-order valence-corrected chi connectivity index (χ3v) is 3.97. The summed E-state index contributed by atoms with van der Waals surface area (Å²) in [5, 5.41) is 5.62. The Morgan fingerprint density at radius 1 is 1.17 bits per heavy atom. The number of ether oxygens (including phenoxy) is 1. The molecule has 0 heterocycles. The van der Waals surface area contributed by atoms with Crippen molar-refractivity contribution < 1.29 is 14.8 Å². The van der Waals surface area contributed by atoms with Crippen molar-refractivity contribution in [3.63, 3.8) is 0 Å². The first kappa shape index (κ1) is 17.3. The number of halogens is 1. The molecule has 0 aliphatic carbocycles. The van der Waals surface area contributed by atoms with E-state index >= 15 is 0 Å². The van der Waals surface area contributed by atoms with Crippen LogP contribution in [0.15, 0.2) is 48.5 Å². The molecule has 0 saturated heterocycles. The molecule has 2 aromatic rings. The first-order valence-corrected chi connectivity index (χ1v) is 7.93. The molecule has 3 N–H and O–H groups in total. The molecule has 0 bridgehead atoms. The molecule has 2 aromatic carbocycles. The number of carbonyl (C=O) groups excluding carboxylic acids is 1. The second-order valence-corrected chi connectivity index (χ2v) is 5.95. The number of nitrogens with one attached hydrogen (secondary N) is 1. The van der Waals surface area contributed by atoms with E-state index in [2.05, 4.69) is 12.2 Å². The number of rotatable bonds is 6. The van der Waals surface area contributed by atoms with Crippen LogP contribution < -0.4 is 15.4 Å². The van der Waals surface area contributed by atoms with Gasteiger partial charge in [0.25, 0.3) is 5.91 Å². The van der Waals surface area contributed by atoms with E-state index in [1.807, 2.05) is 60.8 Å². The Labute approximate surface area is 141 Å². The number of benzene rings is 2. The van der Waals surface area contributed by atoms with E-state index in [0.29, 0.717) is 16.5 Å². The van der Waals surface area contributed by atoms with E-state index in [1.54, 1.807) is 7.11 Å². The van der Waals surface area contributed by atoms with Crippen molar-refractivity contribution in [2.24, 2.45) is 0 Å². The average Bonchev–Trinajstić information content (AvgIpc) is 2.55. The highest BCUT2D eigenvalue weighted by Crippen LogP contribution is 2.23. The molecule has 0 saturated carbocycles. The predicted octanol–water partition coefficient (Wildman–Crippen LogP) is 3.00. The fourth-order valence-corrected chi connectivity index (χ4v) is 2.61. The molecule has 0 radical (unpaired) electrons. The first-order chi connectivity index (χ1) is 11.0. The van der Waals surface area contributed by atoms with Gasteiger partial charge in [-0.2, -0.15) is 0 Å². The van der Waals surface area contributed by atoms with Crippen LogP contribution in [0.2, 0.25) is 5.02 Å². The van der Waals surface area contributed by atoms with Gasteiger partial charge in [0.15, 0.2) is 6.04 Å². The SMILES string of the molecule is COc1ccccc1NC(=O)[C@@H](C)[NH2+][C@@H](C)c1cccc(Cl)c1. The number of hydrogen-bond acceptors (Lipinski definition) is 2. The third-order valence-electron chi connectivity index (χ3n) is 3.73. The van der Waals surface area contributed by atoms with Crippen molar-refractivity contribution in [3.05, 3.63) is 59.1 Å². The largest absolute Gasteiger partial charge is 0.495 e. The van der Waals surface area contributed by atoms with Crippen LogP contribution in [0.25, 0.3) is 0 Å². The minimum absolute atomic E-state index is 0.0663. The van der Waals surface area contributed by atoms with Crippen LogP contribution in [-0.4, -0.2) is 19.1 Å². The highest BCUT2D eigenvalue weighted by molar-refractivity contribution is 6.30. The number of anilines is 1. The van der Waals surface area contributed by atoms with Crippen molar-refractivity contribution in [1.29, 1.82) is 0 Å². The molecule has 0 fully saturated rings. The Hall–Kier alpha value is -2.04. The summed E-state index contributed by atoms with van der Waals surface area (Å²) < 4.78 is 5.25. The Bertz CT molecular complexity index is 676. The minimum Gasteiger partial charge on any atom is -0.495 e. The van der Waals surface area contributed by atoms with E-state index in [0.717, 1.165) is 5.56 Å². The van der Waals surface area contributed by atoms with Gasteiger partial charge in [-0.15, -0.1) is 0 Å². The van der Waals surface area contributed by atoms with Gasteiger partial charge in [-0.1, -0.05) is 35.9 Å². The lowest BCUT2D eigenvalue weighted by Crippen LogP contribution is -2.91. The molecular weight excluding hydrogens is 312 g/mol. The maximum absolute atomic E-state index is 12.4. The van der Waals surface area contributed by atoms with E-state index in [9.17, 15) is 4.79 Å². The van der Waals surface area contributed by atoms with Crippen molar-refractivity contribution in [1.82, 2.24) is 0 Å². The highest BCUT2D eigenvalue weighted by atomic mass is 35.5. The molecule has 0 unspecified atom stereocenters. The third kappa shape index (κ3) is 4.71. The van der Waals surface area contributed by atoms with Gasteiger partial charge in [0, 0.05) is 10.6 Å². The Morgan fingerprint density at radius 2 is 1.91 bits per heavy atom. The molecule has 0 spiro atoms. The van der Waals surface area contributed by atoms with Crippen LogP contribution in [0.3, 0.4) is 0 Å². The molecule has 0 aromatic heterocycles. The van der Waals surface area contributed by atoms with Crippen LogP contribution in [0.5, 0.6) is 5.75 Å². The Kier molecular flexibility index (Phi) is 6.02. The van der Waals surface area contributed by atoms with E-state index in [1.165, 1.54) is 0 Å². The van der Waals surface area contributed by atoms with Gasteiger partial charge < -0.3 is 15.4 Å². The summed E-state index contributed by atoms with van der Waals surface area (Å²) in [6.07, 6.45) is 0. The molecule has 4 nitrogen and oxygen atoms in total. The lowest BCUT2D eigenvalue weighted by Gasteiger charge is -2.17. The lowest BCUT2D eigenvalue weighted by molar-refractivity contribution is -0.709. The first-order valence-electron chi connectivity index (χ1n) is 7.55. The van der Waals surface area contributed by atoms with Crippen LogP contribution in [0.1, 0.15) is 25.5 Å². The molecule has 2 rings (SSSR count). The van der Waals surface area contributed by atoms with Gasteiger partial charge in [0.05, 0.1) is 12.8 Å². The molecule has 1 amide bonds. The fraction of sp³-hybridized carbons (Fsp3) is 0.278. The molecule has 5 heteroatoms. The number of hydrogen-bond donors (Lipinski definition) is 2. The zero-order valence-electron chi connectivity index (χ0n) is 13.5. The number of quaternary nitrogens is 1. The summed E-state index contributed by atoms with van der Waals surface area (Å²) in [5.74, 6) is 0.583. The number of para-hydroxylation sites is 2. The van der Waals surface area contributed by atoms with Crippen LogP contribution >= 0.6 is 11.6 Å². The fourth-order valence-electron chi connectivity index (χ4n) is 2.42. The zero-order valence-corrected chi connectivity index (χ0v) is 14.3. The number of nitrogens with two attached hydrogens (primary N) is 1. The van der Waals surface area contributed by atoms with Gasteiger partial charge in [-0.05, 0) is 38.1 Å².